The Labute approximate surface area is 102 Å². The van der Waals surface area contributed by atoms with Gasteiger partial charge in [0.2, 0.25) is 0 Å². The van der Waals surface area contributed by atoms with Crippen LogP contribution in [0.25, 0.3) is 0 Å². The number of fused-ring (bicyclic) bond motifs is 1. The fourth-order valence-electron chi connectivity index (χ4n) is 6.88. The Hall–Kier alpha value is 0. The predicted octanol–water partition coefficient (Wildman–Crippen LogP) is 5.13. The molecule has 3 saturated carbocycles. The van der Waals surface area contributed by atoms with Crippen molar-refractivity contribution in [3.05, 3.63) is 0 Å². The van der Waals surface area contributed by atoms with Crippen LogP contribution in [0.5, 0.6) is 0 Å². The van der Waals surface area contributed by atoms with Crippen molar-refractivity contribution in [2.24, 2.45) is 32.5 Å². The third-order valence-corrected chi connectivity index (χ3v) is 9.06. The molecule has 3 aliphatic rings. The second-order valence-electron chi connectivity index (χ2n) is 8.75. The van der Waals surface area contributed by atoms with Crippen molar-refractivity contribution >= 4 is 0 Å². The van der Waals surface area contributed by atoms with E-state index in [1.807, 2.05) is 0 Å². The highest BCUT2D eigenvalue weighted by Gasteiger charge is 2.91. The predicted molar refractivity (Wildman–Crippen MR) is 71.3 cm³/mol. The molecule has 2 bridgehead atoms. The van der Waals surface area contributed by atoms with E-state index in [1.165, 1.54) is 0 Å². The van der Waals surface area contributed by atoms with Crippen LogP contribution in [0.1, 0.15) is 69.2 Å². The van der Waals surface area contributed by atoms with Crippen molar-refractivity contribution in [3.63, 3.8) is 0 Å². The first kappa shape index (κ1) is 12.5. The average molecular weight is 222 g/mol. The lowest BCUT2D eigenvalue weighted by molar-refractivity contribution is -0.273. The maximum Gasteiger partial charge on any atom is -0.0156 e. The van der Waals surface area contributed by atoms with E-state index in [9.17, 15) is 0 Å². The second-order valence-corrected chi connectivity index (χ2v) is 8.75. The fourth-order valence-corrected chi connectivity index (χ4v) is 6.88. The van der Waals surface area contributed by atoms with Crippen LogP contribution in [0, 0.1) is 32.5 Å². The van der Waals surface area contributed by atoms with Crippen molar-refractivity contribution in [2.75, 3.05) is 0 Å². The minimum atomic E-state index is 0.391. The zero-order valence-electron chi connectivity index (χ0n) is 13.0. The second kappa shape index (κ2) is 2.27. The molecule has 3 rings (SSSR count). The molecule has 0 heterocycles. The van der Waals surface area contributed by atoms with Crippen LogP contribution in [0.3, 0.4) is 0 Å². The van der Waals surface area contributed by atoms with Crippen LogP contribution >= 0.6 is 0 Å². The Morgan fingerprint density at radius 1 is 0.312 bits per heavy atom. The summed E-state index contributed by atoms with van der Waals surface area (Å²) in [6.45, 7) is 25.0. The van der Waals surface area contributed by atoms with Gasteiger partial charge in [0.05, 0.1) is 0 Å². The molecule has 0 aliphatic heterocycles. The smallest absolute Gasteiger partial charge is 0.0156 e. The molecule has 0 amide bonds. The summed E-state index contributed by atoms with van der Waals surface area (Å²) < 4.78 is 0. The average Bonchev–Trinajstić information content (AvgIpc) is 2.21. The quantitative estimate of drug-likeness (QED) is 0.533. The highest BCUT2D eigenvalue weighted by atomic mass is 14.9. The summed E-state index contributed by atoms with van der Waals surface area (Å²) in [5.74, 6) is 0. The third-order valence-electron chi connectivity index (χ3n) is 9.06. The molecule has 0 heteroatoms. The molecular weight excluding hydrogens is 192 g/mol. The highest BCUT2D eigenvalue weighted by molar-refractivity contribution is 5.38. The molecule has 94 valence electrons. The van der Waals surface area contributed by atoms with E-state index in [2.05, 4.69) is 69.2 Å². The van der Waals surface area contributed by atoms with Gasteiger partial charge in [-0.15, -0.1) is 0 Å². The van der Waals surface area contributed by atoms with Crippen LogP contribution < -0.4 is 0 Å². The lowest BCUT2D eigenvalue weighted by Crippen LogP contribution is -2.69. The molecule has 3 aliphatic carbocycles. The summed E-state index contributed by atoms with van der Waals surface area (Å²) in [4.78, 5) is 0. The van der Waals surface area contributed by atoms with E-state index < -0.39 is 0 Å². The van der Waals surface area contributed by atoms with Gasteiger partial charge in [0.25, 0.3) is 0 Å². The fraction of sp³-hybridized carbons (Fsp3) is 1.00. The van der Waals surface area contributed by atoms with Gasteiger partial charge in [-0.1, -0.05) is 69.2 Å². The summed E-state index contributed by atoms with van der Waals surface area (Å²) >= 11 is 0. The molecule has 0 atom stereocenters. The highest BCUT2D eigenvalue weighted by Crippen LogP contribution is 2.96. The minimum Gasteiger partial charge on any atom is -0.0588 e. The van der Waals surface area contributed by atoms with Gasteiger partial charge in [0.15, 0.2) is 0 Å². The zero-order chi connectivity index (χ0) is 13.0. The van der Waals surface area contributed by atoms with E-state index in [0.29, 0.717) is 32.5 Å². The maximum absolute atomic E-state index is 2.53. The molecule has 0 radical (unpaired) electrons. The molecule has 3 fully saturated rings. The lowest BCUT2D eigenvalue weighted by Gasteiger charge is -2.74. The Kier molecular flexibility index (Phi) is 1.77. The van der Waals surface area contributed by atoms with E-state index >= 15 is 0 Å². The molecule has 0 N–H and O–H groups in total. The van der Waals surface area contributed by atoms with E-state index in [1.54, 1.807) is 0 Å². The molecule has 0 nitrogen and oxygen atoms in total. The van der Waals surface area contributed by atoms with Crippen molar-refractivity contribution < 1.29 is 0 Å². The van der Waals surface area contributed by atoms with Crippen molar-refractivity contribution in [1.29, 1.82) is 0 Å². The first-order valence-electron chi connectivity index (χ1n) is 6.75. The van der Waals surface area contributed by atoms with Crippen LogP contribution in [-0.4, -0.2) is 0 Å². The minimum absolute atomic E-state index is 0.391. The van der Waals surface area contributed by atoms with Gasteiger partial charge in [-0.3, -0.25) is 0 Å². The monoisotopic (exact) mass is 222 g/mol. The Bertz CT molecular complexity index is 304. The molecule has 0 aromatic carbocycles. The molecule has 0 aromatic heterocycles. The first-order valence-corrected chi connectivity index (χ1v) is 6.75. The Balaban J connectivity index is 2.82. The van der Waals surface area contributed by atoms with Gasteiger partial charge in [0.1, 0.15) is 0 Å². The molecule has 0 aromatic rings. The van der Waals surface area contributed by atoms with Crippen LogP contribution in [-0.2, 0) is 0 Å². The summed E-state index contributed by atoms with van der Waals surface area (Å²) in [7, 11) is 0. The van der Waals surface area contributed by atoms with E-state index in [4.69, 9.17) is 0 Å². The zero-order valence-corrected chi connectivity index (χ0v) is 13.0. The van der Waals surface area contributed by atoms with Crippen LogP contribution in [0.15, 0.2) is 0 Å². The normalized spacial score (nSPS) is 49.9. The Morgan fingerprint density at radius 3 is 0.562 bits per heavy atom. The van der Waals surface area contributed by atoms with Gasteiger partial charge < -0.3 is 0 Å². The van der Waals surface area contributed by atoms with E-state index in [-0.39, 0.29) is 0 Å². The summed E-state index contributed by atoms with van der Waals surface area (Å²) in [5.41, 5.74) is 2.48. The molecule has 0 saturated heterocycles. The van der Waals surface area contributed by atoms with E-state index in [0.717, 1.165) is 0 Å². The summed E-state index contributed by atoms with van der Waals surface area (Å²) in [6.07, 6.45) is 0. The van der Waals surface area contributed by atoms with Crippen molar-refractivity contribution in [1.82, 2.24) is 0 Å². The third kappa shape index (κ3) is 0.596. The van der Waals surface area contributed by atoms with Crippen LogP contribution in [0.4, 0.5) is 0 Å². The first-order chi connectivity index (χ1) is 6.75. The topological polar surface area (TPSA) is 0 Å². The van der Waals surface area contributed by atoms with Gasteiger partial charge in [-0.25, -0.2) is 0 Å². The molecule has 16 heavy (non-hydrogen) atoms. The lowest BCUT2D eigenvalue weighted by atomic mass is 9.29. The van der Waals surface area contributed by atoms with Crippen molar-refractivity contribution in [2.45, 2.75) is 69.2 Å². The molecular formula is C16H30. The number of rotatable bonds is 0. The van der Waals surface area contributed by atoms with Gasteiger partial charge >= 0.3 is 0 Å². The van der Waals surface area contributed by atoms with Crippen molar-refractivity contribution in [3.8, 4) is 0 Å². The SMILES string of the molecule is CC1(C)C(C)(C)C2(C)C(C)(C)C1(C)C2(C)C. The maximum atomic E-state index is 2.53. The molecule has 0 unspecified atom stereocenters. The molecule has 0 spiro atoms. The van der Waals surface area contributed by atoms with Gasteiger partial charge in [-0.05, 0) is 32.5 Å². The summed E-state index contributed by atoms with van der Waals surface area (Å²) in [6, 6.07) is 0. The largest absolute Gasteiger partial charge is 0.0588 e. The standard InChI is InChI=1S/C16H30/c1-11(2)12(3,4)16(10)13(5,6)15(11,9)14(16,7)8/h1-10H3. The Morgan fingerprint density at radius 2 is 0.500 bits per heavy atom. The number of hydrogen-bond acceptors (Lipinski definition) is 0. The van der Waals surface area contributed by atoms with Gasteiger partial charge in [0, 0.05) is 0 Å². The number of hydrogen-bond donors (Lipinski definition) is 0. The summed E-state index contributed by atoms with van der Waals surface area (Å²) in [5, 5.41) is 0. The van der Waals surface area contributed by atoms with Gasteiger partial charge in [-0.2, -0.15) is 0 Å². The van der Waals surface area contributed by atoms with Crippen LogP contribution in [0.2, 0.25) is 0 Å².